The van der Waals surface area contributed by atoms with E-state index in [1.807, 2.05) is 37.2 Å². The topological polar surface area (TPSA) is 1070 Å². The number of amides is 16. The first-order chi connectivity index (χ1) is 68.2. The van der Waals surface area contributed by atoms with E-state index in [-0.39, 0.29) is 19.4 Å². The van der Waals surface area contributed by atoms with Crippen LogP contribution in [0.4, 0.5) is 0 Å². The summed E-state index contributed by atoms with van der Waals surface area (Å²) < 4.78 is 52.2. The molecule has 66 heteroatoms. The number of rotatable bonds is 54. The molecule has 0 spiro atoms. The number of carboxylic acids is 2. The lowest BCUT2D eigenvalue weighted by atomic mass is 9.93. The molecule has 6 saturated heterocycles. The van der Waals surface area contributed by atoms with Crippen molar-refractivity contribution in [1.82, 2.24) is 74.0 Å². The molecule has 6 heterocycles. The highest BCUT2D eigenvalue weighted by Crippen LogP contribution is 2.36. The molecule has 6 aliphatic rings. The molecule has 66 nitrogen and oxygen atoms in total. The van der Waals surface area contributed by atoms with Crippen molar-refractivity contribution >= 4 is 106 Å². The minimum atomic E-state index is -2.53. The van der Waals surface area contributed by atoms with E-state index < -0.39 is 443 Å². The molecule has 6 fully saturated rings. The molecule has 0 unspecified atom stereocenters. The second kappa shape index (κ2) is 57.5. The van der Waals surface area contributed by atoms with Crippen LogP contribution in [0.2, 0.25) is 0 Å². The smallest absolute Gasteiger partial charge is 0.328 e. The van der Waals surface area contributed by atoms with Gasteiger partial charge in [0.05, 0.1) is 91.1 Å². The van der Waals surface area contributed by atoms with Crippen LogP contribution >= 0.6 is 0 Å². The maximum absolute atomic E-state index is 14.8. The second-order valence-electron chi connectivity index (χ2n) is 34.3. The van der Waals surface area contributed by atoms with Crippen molar-refractivity contribution in [2.24, 2.45) is 17.2 Å². The summed E-state index contributed by atoms with van der Waals surface area (Å²) in [5, 5.41) is 262. The molecule has 0 aromatic carbocycles. The van der Waals surface area contributed by atoms with Crippen molar-refractivity contribution in [3.8, 4) is 0 Å². The zero-order chi connectivity index (χ0) is 109. The normalized spacial score (nSPS) is 30.8. The highest BCUT2D eigenvalue weighted by atomic mass is 16.8. The summed E-state index contributed by atoms with van der Waals surface area (Å²) in [6.45, 7) is -8.12. The molecular formula is C79H129N17O49. The fourth-order valence-corrected chi connectivity index (χ4v) is 15.7. The number of hydrogen-bond acceptors (Lipinski definition) is 48. The van der Waals surface area contributed by atoms with Crippen LogP contribution in [0.5, 0.6) is 0 Å². The fraction of sp³-hybridized carbons (Fsp3) is 0.772. The third-order valence-electron chi connectivity index (χ3n) is 23.5. The van der Waals surface area contributed by atoms with Gasteiger partial charge in [0.15, 0.2) is 31.4 Å². The van der Waals surface area contributed by atoms with E-state index in [0.29, 0.717) is 0 Å². The Hall–Kier alpha value is -10.7. The summed E-state index contributed by atoms with van der Waals surface area (Å²) in [5.74, 6) is -25.3. The standard InChI is InChI=1S/C79H129N17O49/c1-24(105)47(71(132)90-33(16-98)69(130)91-34(17-99)74(134)96-11-5-6-36(96)70(131)92-35(18-100)75(135)136)94-65(126)29(8-10-43(82)110)86-68(129)32(15-97)89-72(133)48(25(2)106)95-67(128)31(13-46(113)114)88-66(127)30(87-64(125)28(7-9-42(81)109)85-45(112)14-80)12-44(111)93-73-49(83-26(3)107)54(118)61(39(21-103)138-73)143-76-50(84-27(4)108)55(119)62(40(22-104)141-76)144-79-60(124)63(145-78-59(123)57(121)52(116)38(20-102)140-78)53(117)41(142-79)23-137-77-58(122)56(120)51(115)37(19-101)139-77/h24-25,28-41,47-63,73,76-79,97-106,115-124H,5-23,80H2,1-4H3,(H2,81,109)(H2,82,110)(H,83,107)(H,84,108)(H,85,112)(H,86,129)(H,87,125)(H,88,127)(H,89,133)(H,90,132)(H,91,130)(H,92,131)(H,93,111)(H,94,126)(H,95,128)(H,113,114)(H,135,136)/t24-,25-,28+,29+,30+,31+,32+,33+,34+,35+,36+,37-,38-,39-,40-,41-,47+,48+,49-,50-,51-,52-,53-,54-,55-,56+,57+,58+,59+,60+,61-,62-,63+,73-,76+,77+,78-,79+/m1/s1. The van der Waals surface area contributed by atoms with Gasteiger partial charge in [0.25, 0.3) is 0 Å². The minimum absolute atomic E-state index is 0.0425. The summed E-state index contributed by atoms with van der Waals surface area (Å²) in [4.78, 5) is 242. The van der Waals surface area contributed by atoms with Crippen LogP contribution in [0.1, 0.15) is 79.1 Å². The molecule has 16 amide bonds. The van der Waals surface area contributed by atoms with E-state index in [1.54, 1.807) is 0 Å². The summed E-state index contributed by atoms with van der Waals surface area (Å²) >= 11 is 0. The number of aliphatic hydroxyl groups is 20. The molecule has 0 aromatic heterocycles. The highest BCUT2D eigenvalue weighted by molar-refractivity contribution is 6.01. The number of primary amides is 2. The Morgan fingerprint density at radius 2 is 0.779 bits per heavy atom. The Morgan fingerprint density at radius 1 is 0.386 bits per heavy atom. The van der Waals surface area contributed by atoms with Crippen molar-refractivity contribution in [3.05, 3.63) is 0 Å². The van der Waals surface area contributed by atoms with Gasteiger partial charge >= 0.3 is 11.9 Å². The van der Waals surface area contributed by atoms with Gasteiger partial charge < -0.3 is 246 Å². The monoisotopic (exact) mass is 2100 g/mol. The summed E-state index contributed by atoms with van der Waals surface area (Å²) in [6, 6.07) is -27.2. The largest absolute Gasteiger partial charge is 0.481 e. The first-order valence-corrected chi connectivity index (χ1v) is 45.0. The third-order valence-corrected chi connectivity index (χ3v) is 23.5. The number of nitrogens with two attached hydrogens (primary N) is 3. The van der Waals surface area contributed by atoms with Crippen LogP contribution in [0.15, 0.2) is 0 Å². The van der Waals surface area contributed by atoms with Crippen LogP contribution < -0.4 is 86.3 Å². The molecule has 0 saturated carbocycles. The van der Waals surface area contributed by atoms with Gasteiger partial charge in [0.2, 0.25) is 94.5 Å². The molecule has 0 aromatic rings. The van der Waals surface area contributed by atoms with E-state index in [0.717, 1.165) is 32.6 Å². The van der Waals surface area contributed by atoms with Crippen LogP contribution in [-0.2, 0) is 129 Å². The summed E-state index contributed by atoms with van der Waals surface area (Å²) in [6.07, 6.45) is -58.1. The van der Waals surface area contributed by atoms with Gasteiger partial charge in [-0.2, -0.15) is 0 Å². The predicted molar refractivity (Wildman–Crippen MR) is 462 cm³/mol. The number of carbonyl (C=O) groups excluding carboxylic acids is 16. The van der Waals surface area contributed by atoms with Crippen LogP contribution in [0.25, 0.3) is 0 Å². The maximum Gasteiger partial charge on any atom is 0.328 e. The van der Waals surface area contributed by atoms with E-state index >= 15 is 0 Å². The molecule has 38 atom stereocenters. The molecule has 0 bridgehead atoms. The van der Waals surface area contributed by atoms with Crippen LogP contribution in [0, 0.1) is 0 Å². The average Bonchev–Trinajstić information content (AvgIpc) is 1.38. The number of hydrogen-bond donors (Lipinski definition) is 38. The number of ether oxygens (including phenoxy) is 9. The lowest BCUT2D eigenvalue weighted by molar-refractivity contribution is -0.383. The quantitative estimate of drug-likeness (QED) is 0.0269. The Labute approximate surface area is 819 Å². The van der Waals surface area contributed by atoms with Crippen molar-refractivity contribution in [2.75, 3.05) is 72.6 Å². The Morgan fingerprint density at radius 3 is 1.25 bits per heavy atom. The van der Waals surface area contributed by atoms with Crippen molar-refractivity contribution in [2.45, 2.75) is 311 Å². The number of aliphatic hydroxyl groups excluding tert-OH is 20. The Kier molecular flexibility index (Phi) is 48.8. The van der Waals surface area contributed by atoms with E-state index in [9.17, 15) is 199 Å². The molecule has 824 valence electrons. The SMILES string of the molecule is CC(=O)N[C@@H]1[C@@H](O)[C@H](O[C@@H]2O[C@H](CO)[C@@H](O[C@@H]3O[C@H](CO[C@H]4O[C@H](CO)[C@@H](O)[C@H](O)[C@@H]4O)[C@@H](O)[C@H](O[C@H]4O[C@H](CO)[C@@H](O)[C@H](O)[C@@H]4O)[C@@H]3O)[C@H](O)[C@H]2NC(C)=O)[C@@H](CO)O[C@H]1NC(=O)C[C@H](NC(=O)[C@H](CCC(N)=O)NC(=O)CN)C(=O)N[C@@H](CC(=O)O)C(=O)N[C@H](C(=O)N[C@@H](CO)C(=O)N[C@@H](CCC(N)=O)C(=O)N[C@H](C(=O)N[C@@H](CO)C(=O)N[C@@H](CO)C(=O)N1CCC[C@H]1C(=O)N[C@@H](CO)C(=O)O)[C@@H](C)O)[C@@H](C)O. The lowest BCUT2D eigenvalue weighted by Gasteiger charge is -2.50. The number of nitrogens with zero attached hydrogens (tertiary/aromatic N) is 1. The van der Waals surface area contributed by atoms with E-state index in [4.69, 9.17) is 59.8 Å². The number of nitrogens with one attached hydrogen (secondary N) is 13. The van der Waals surface area contributed by atoms with E-state index in [1.165, 1.54) is 0 Å². The van der Waals surface area contributed by atoms with Gasteiger partial charge in [-0.25, -0.2) is 4.79 Å². The zero-order valence-corrected chi connectivity index (χ0v) is 77.9. The molecular weight excluding hydrogens is 1970 g/mol. The van der Waals surface area contributed by atoms with Gasteiger partial charge in [-0.1, -0.05) is 0 Å². The second-order valence-corrected chi connectivity index (χ2v) is 34.3. The predicted octanol–water partition coefficient (Wildman–Crippen LogP) is -25.5. The molecule has 6 rings (SSSR count). The van der Waals surface area contributed by atoms with E-state index in [2.05, 4.69) is 31.9 Å². The summed E-state index contributed by atoms with van der Waals surface area (Å²) in [7, 11) is 0. The van der Waals surface area contributed by atoms with Crippen molar-refractivity contribution < 1.29 is 241 Å². The fourth-order valence-electron chi connectivity index (χ4n) is 15.7. The minimum Gasteiger partial charge on any atom is -0.481 e. The lowest BCUT2D eigenvalue weighted by Crippen LogP contribution is -2.71. The van der Waals surface area contributed by atoms with Crippen molar-refractivity contribution in [1.29, 1.82) is 0 Å². The Balaban J connectivity index is 1.22. The molecule has 41 N–H and O–H groups in total. The van der Waals surface area contributed by atoms with Crippen LogP contribution in [0.3, 0.4) is 0 Å². The van der Waals surface area contributed by atoms with Gasteiger partial charge in [-0.15, -0.1) is 0 Å². The van der Waals surface area contributed by atoms with Gasteiger partial charge in [0, 0.05) is 33.2 Å². The summed E-state index contributed by atoms with van der Waals surface area (Å²) in [5.41, 5.74) is 16.1. The highest BCUT2D eigenvalue weighted by Gasteiger charge is 2.58. The number of likely N-dealkylation sites (tertiary alicyclic amines) is 1. The zero-order valence-electron chi connectivity index (χ0n) is 77.9. The van der Waals surface area contributed by atoms with Gasteiger partial charge in [-0.05, 0) is 39.5 Å². The molecule has 145 heavy (non-hydrogen) atoms. The van der Waals surface area contributed by atoms with Crippen molar-refractivity contribution in [3.63, 3.8) is 0 Å². The Bertz CT molecular complexity index is 4400. The van der Waals surface area contributed by atoms with Crippen LogP contribution in [-0.4, -0.2) is 528 Å². The third kappa shape index (κ3) is 33.9. The molecule has 0 aliphatic carbocycles. The number of carbonyl (C=O) groups is 18. The first kappa shape index (κ1) is 123. The number of carboxylic acid groups (broad SMARTS) is 2. The van der Waals surface area contributed by atoms with Gasteiger partial charge in [0.1, 0.15) is 188 Å². The maximum atomic E-state index is 14.8. The van der Waals surface area contributed by atoms with Gasteiger partial charge in [-0.3, -0.25) is 81.5 Å². The average molecular weight is 2100 g/mol. The number of aliphatic carboxylic acids is 2. The first-order valence-electron chi connectivity index (χ1n) is 45.0. The molecule has 0 radical (unpaired) electrons. The molecule has 6 aliphatic heterocycles.